The van der Waals surface area contributed by atoms with Crippen molar-refractivity contribution < 1.29 is 48.3 Å². The van der Waals surface area contributed by atoms with Gasteiger partial charge in [-0.3, -0.25) is 0 Å². The van der Waals surface area contributed by atoms with Gasteiger partial charge in [0.1, 0.15) is 29.5 Å². The molecule has 0 saturated heterocycles. The quantitative estimate of drug-likeness (QED) is 0.119. The summed E-state index contributed by atoms with van der Waals surface area (Å²) in [5.74, 6) is -1.60. The van der Waals surface area contributed by atoms with Crippen molar-refractivity contribution in [1.29, 1.82) is 0 Å². The van der Waals surface area contributed by atoms with E-state index in [2.05, 4.69) is 6.58 Å². The molecule has 0 aliphatic heterocycles. The minimum absolute atomic E-state index is 0.0241. The second-order valence-electron chi connectivity index (χ2n) is 10.7. The predicted molar refractivity (Wildman–Crippen MR) is 183 cm³/mol. The van der Waals surface area contributed by atoms with Gasteiger partial charge in [0.25, 0.3) is 0 Å². The molecule has 1 amide bonds. The number of benzene rings is 4. The monoisotopic (exact) mass is 669 g/mol. The first-order chi connectivity index (χ1) is 23.4. The molecule has 0 aliphatic rings. The zero-order valence-electron chi connectivity index (χ0n) is 27.9. The van der Waals surface area contributed by atoms with Crippen molar-refractivity contribution in [2.24, 2.45) is 0 Å². The summed E-state index contributed by atoms with van der Waals surface area (Å²) in [7, 11) is 3.20. The van der Waals surface area contributed by atoms with E-state index in [9.17, 15) is 29.4 Å². The van der Waals surface area contributed by atoms with Gasteiger partial charge in [-0.25, -0.2) is 19.2 Å². The van der Waals surface area contributed by atoms with Crippen LogP contribution in [-0.2, 0) is 9.47 Å². The molecule has 0 heterocycles. The Morgan fingerprint density at radius 1 is 0.694 bits per heavy atom. The molecule has 2 N–H and O–H groups in total. The van der Waals surface area contributed by atoms with E-state index < -0.39 is 36.2 Å². The molecule has 4 aromatic rings. The summed E-state index contributed by atoms with van der Waals surface area (Å²) in [6, 6.07) is 26.4. The summed E-state index contributed by atoms with van der Waals surface area (Å²) < 4.78 is 21.3. The Kier molecular flexibility index (Phi) is 13.5. The van der Waals surface area contributed by atoms with Crippen LogP contribution < -0.4 is 9.47 Å². The van der Waals surface area contributed by atoms with E-state index >= 15 is 0 Å². The summed E-state index contributed by atoms with van der Waals surface area (Å²) in [5.41, 5.74) is 1.94. The number of carbonyl (C=O) groups is 4. The Balaban J connectivity index is 0.000000271. The summed E-state index contributed by atoms with van der Waals surface area (Å²) in [6.07, 6.45) is -1.60. The normalized spacial score (nSPS) is 11.4. The molecule has 0 spiro atoms. The zero-order chi connectivity index (χ0) is 36.1. The Morgan fingerprint density at radius 2 is 1.14 bits per heavy atom. The number of carboxylic acid groups (broad SMARTS) is 1. The lowest BCUT2D eigenvalue weighted by atomic mass is 10.1. The molecule has 0 fully saturated rings. The molecule has 0 bridgehead atoms. The molecular weight excluding hydrogens is 630 g/mol. The van der Waals surface area contributed by atoms with Crippen LogP contribution in [0.25, 0.3) is 5.76 Å². The fraction of sp³-hybridized carbons (Fsp3) is 0.211. The molecule has 0 aliphatic carbocycles. The predicted octanol–water partition coefficient (Wildman–Crippen LogP) is 7.90. The number of amides is 1. The van der Waals surface area contributed by atoms with Gasteiger partial charge >= 0.3 is 24.0 Å². The Morgan fingerprint density at radius 3 is 1.61 bits per heavy atom. The first-order valence-electron chi connectivity index (χ1n) is 15.2. The van der Waals surface area contributed by atoms with E-state index in [4.69, 9.17) is 18.9 Å². The van der Waals surface area contributed by atoms with Crippen molar-refractivity contribution in [3.63, 3.8) is 0 Å². The lowest BCUT2D eigenvalue weighted by Gasteiger charge is -2.17. The minimum atomic E-state index is -1.20. The summed E-state index contributed by atoms with van der Waals surface area (Å²) >= 11 is 0. The van der Waals surface area contributed by atoms with Gasteiger partial charge in [-0.1, -0.05) is 61.2 Å². The number of nitrogens with zero attached hydrogens (tertiary/aromatic N) is 1. The first kappa shape index (κ1) is 37.4. The number of hydrogen-bond donors (Lipinski definition) is 2. The number of methoxy groups -OCH3 is 1. The van der Waals surface area contributed by atoms with Crippen molar-refractivity contribution in [3.8, 4) is 11.5 Å². The molecule has 0 saturated carbocycles. The number of hydrogen-bond acceptors (Lipinski definition) is 9. The number of carboxylic acids is 1. The molecule has 0 radical (unpaired) electrons. The van der Waals surface area contributed by atoms with Crippen LogP contribution in [0.4, 0.5) is 4.79 Å². The smallest absolute Gasteiger partial charge is 0.414 e. The third kappa shape index (κ3) is 10.4. The molecule has 11 nitrogen and oxygen atoms in total. The van der Waals surface area contributed by atoms with Crippen molar-refractivity contribution in [2.45, 2.75) is 33.0 Å². The Hall–Kier alpha value is -6.10. The zero-order valence-corrected chi connectivity index (χ0v) is 27.9. The number of aliphatic hydroxyl groups is 1. The van der Waals surface area contributed by atoms with Crippen LogP contribution in [0.1, 0.15) is 80.7 Å². The van der Waals surface area contributed by atoms with Gasteiger partial charge in [0.2, 0.25) is 0 Å². The van der Waals surface area contributed by atoms with Crippen molar-refractivity contribution in [3.05, 3.63) is 137 Å². The van der Waals surface area contributed by atoms with Crippen molar-refractivity contribution in [2.75, 3.05) is 20.7 Å². The maximum atomic E-state index is 12.4. The van der Waals surface area contributed by atoms with E-state index in [1.54, 1.807) is 82.6 Å². The topological polar surface area (TPSA) is 149 Å². The number of rotatable bonds is 11. The van der Waals surface area contributed by atoms with E-state index in [0.29, 0.717) is 29.2 Å². The molecule has 2 atom stereocenters. The van der Waals surface area contributed by atoms with E-state index in [1.165, 1.54) is 23.1 Å². The molecule has 4 aromatic carbocycles. The second-order valence-corrected chi connectivity index (χ2v) is 10.7. The molecule has 11 heteroatoms. The summed E-state index contributed by atoms with van der Waals surface area (Å²) in [5, 5.41) is 18.7. The maximum absolute atomic E-state index is 12.4. The van der Waals surface area contributed by atoms with Crippen molar-refractivity contribution >= 4 is 29.8 Å². The molecular formula is C38H39NO10. The van der Waals surface area contributed by atoms with Crippen molar-refractivity contribution in [1.82, 2.24) is 4.90 Å². The molecule has 2 unspecified atom stereocenters. The Bertz CT molecular complexity index is 1800. The minimum Gasteiger partial charge on any atom is -0.508 e. The molecule has 4 rings (SSSR count). The highest BCUT2D eigenvalue weighted by Crippen LogP contribution is 2.26. The van der Waals surface area contributed by atoms with Gasteiger partial charge in [0, 0.05) is 19.2 Å². The number of esters is 2. The number of aliphatic hydroxyl groups excluding tert-OH is 1. The Labute approximate surface area is 284 Å². The fourth-order valence-corrected chi connectivity index (χ4v) is 4.38. The summed E-state index contributed by atoms with van der Waals surface area (Å²) in [6.45, 7) is 9.23. The first-order valence-corrected chi connectivity index (χ1v) is 15.2. The fourth-order valence-electron chi connectivity index (χ4n) is 4.38. The second kappa shape index (κ2) is 17.7. The van der Waals surface area contributed by atoms with Gasteiger partial charge in [-0.05, 0) is 74.4 Å². The molecule has 256 valence electrons. The highest BCUT2D eigenvalue weighted by molar-refractivity contribution is 6.02. The van der Waals surface area contributed by atoms with E-state index in [0.717, 1.165) is 5.56 Å². The number of ether oxygens (including phenoxy) is 4. The van der Waals surface area contributed by atoms with Gasteiger partial charge < -0.3 is 34.1 Å². The molecule has 0 aromatic heterocycles. The lowest BCUT2D eigenvalue weighted by Crippen LogP contribution is -2.29. The average Bonchev–Trinajstić information content (AvgIpc) is 3.11. The molecule has 49 heavy (non-hydrogen) atoms. The van der Waals surface area contributed by atoms with Crippen LogP contribution in [0.15, 0.2) is 104 Å². The third-order valence-corrected chi connectivity index (χ3v) is 7.28. The van der Waals surface area contributed by atoms with Gasteiger partial charge in [0.15, 0.2) is 0 Å². The van der Waals surface area contributed by atoms with Crippen LogP contribution >= 0.6 is 0 Å². The van der Waals surface area contributed by atoms with Crippen LogP contribution in [0.5, 0.6) is 11.5 Å². The van der Waals surface area contributed by atoms with E-state index in [1.807, 2.05) is 31.2 Å². The standard InChI is InChI=1S/C20H21NO6.C18H18O4/c1-4-21(3)20(25)27-15-9-7-8-14(12-15)13(2)26-19(24)17-11-6-5-10-16(17)18(22)23;1-12(19)16-9-4-5-10-17(16)18(20)22-13(2)14-7-6-8-15(11-14)21-3/h5-13H,4H2,1-3H3,(H,22,23);4-11,13,19H,1H2,2-3H3. The third-order valence-electron chi connectivity index (χ3n) is 7.28. The number of carbonyl (C=O) groups excluding carboxylic acids is 3. The maximum Gasteiger partial charge on any atom is 0.414 e. The van der Waals surface area contributed by atoms with Crippen LogP contribution in [0, 0.1) is 0 Å². The van der Waals surface area contributed by atoms with Crippen LogP contribution in [0.2, 0.25) is 0 Å². The van der Waals surface area contributed by atoms with E-state index in [-0.39, 0.29) is 22.4 Å². The lowest BCUT2D eigenvalue weighted by molar-refractivity contribution is 0.0325. The SMILES string of the molecule is C=C(O)c1ccccc1C(=O)OC(C)c1cccc(OC)c1.CCN(C)C(=O)Oc1cccc(C(C)OC(=O)c2ccccc2C(=O)O)c1. The summed E-state index contributed by atoms with van der Waals surface area (Å²) in [4.78, 5) is 49.2. The average molecular weight is 670 g/mol. The van der Waals surface area contributed by atoms with Crippen LogP contribution in [-0.4, -0.2) is 59.8 Å². The van der Waals surface area contributed by atoms with Crippen LogP contribution in [0.3, 0.4) is 0 Å². The van der Waals surface area contributed by atoms with Gasteiger partial charge in [-0.2, -0.15) is 0 Å². The highest BCUT2D eigenvalue weighted by atomic mass is 16.6. The van der Waals surface area contributed by atoms with Gasteiger partial charge in [0.05, 0.1) is 23.8 Å². The van der Waals surface area contributed by atoms with Gasteiger partial charge in [-0.15, -0.1) is 0 Å². The highest BCUT2D eigenvalue weighted by Gasteiger charge is 2.21. The largest absolute Gasteiger partial charge is 0.508 e. The number of aromatic carboxylic acids is 1.